The van der Waals surface area contributed by atoms with Crippen molar-refractivity contribution in [1.82, 2.24) is 5.16 Å². The Morgan fingerprint density at radius 3 is 2.50 bits per heavy atom. The summed E-state index contributed by atoms with van der Waals surface area (Å²) < 4.78 is 44.3. The summed E-state index contributed by atoms with van der Waals surface area (Å²) in [5, 5.41) is 3.45. The Hall–Kier alpha value is -1.89. The van der Waals surface area contributed by atoms with Gasteiger partial charge in [-0.3, -0.25) is 4.72 Å². The van der Waals surface area contributed by atoms with Gasteiger partial charge in [-0.25, -0.2) is 4.39 Å². The van der Waals surface area contributed by atoms with Crippen LogP contribution in [0.25, 0.3) is 0 Å². The van der Waals surface area contributed by atoms with E-state index in [1.54, 1.807) is 0 Å². The molecule has 0 aliphatic heterocycles. The molecule has 0 bridgehead atoms. The molecule has 5 nitrogen and oxygen atoms in total. The van der Waals surface area contributed by atoms with Crippen LogP contribution in [0.15, 0.2) is 39.9 Å². The van der Waals surface area contributed by atoms with Crippen molar-refractivity contribution in [3.05, 3.63) is 41.8 Å². The third kappa shape index (κ3) is 3.16. The van der Waals surface area contributed by atoms with E-state index in [2.05, 4.69) is 9.88 Å². The van der Waals surface area contributed by atoms with E-state index in [-0.39, 0.29) is 16.2 Å². The van der Waals surface area contributed by atoms with Gasteiger partial charge in [0.1, 0.15) is 5.82 Å². The van der Waals surface area contributed by atoms with E-state index >= 15 is 0 Å². The van der Waals surface area contributed by atoms with Gasteiger partial charge in [-0.1, -0.05) is 32.0 Å². The average molecular weight is 298 g/mol. The molecule has 0 saturated heterocycles. The quantitative estimate of drug-likeness (QED) is 0.945. The molecule has 1 aromatic heterocycles. The summed E-state index contributed by atoms with van der Waals surface area (Å²) in [6, 6.07) is 6.53. The number of aromatic nitrogens is 1. The van der Waals surface area contributed by atoms with Crippen LogP contribution in [0.3, 0.4) is 0 Å². The summed E-state index contributed by atoms with van der Waals surface area (Å²) in [5.74, 6) is -0.529. The lowest BCUT2D eigenvalue weighted by atomic mass is 9.93. The zero-order valence-corrected chi connectivity index (χ0v) is 12.2. The van der Waals surface area contributed by atoms with E-state index in [0.717, 1.165) is 6.07 Å². The molecule has 0 unspecified atom stereocenters. The molecule has 2 rings (SSSR count). The minimum Gasteiger partial charge on any atom is -0.342 e. The van der Waals surface area contributed by atoms with Crippen molar-refractivity contribution in [3.63, 3.8) is 0 Å². The number of anilines is 1. The molecule has 20 heavy (non-hydrogen) atoms. The molecule has 1 heterocycles. The first-order valence-electron chi connectivity index (χ1n) is 5.94. The third-order valence-corrected chi connectivity index (χ3v) is 3.83. The first kappa shape index (κ1) is 14.5. The molecule has 0 radical (unpaired) electrons. The Morgan fingerprint density at radius 1 is 1.25 bits per heavy atom. The van der Waals surface area contributed by atoms with Gasteiger partial charge in [0.25, 0.3) is 15.1 Å². The molecule has 0 atom stereocenters. The fourth-order valence-corrected chi connectivity index (χ4v) is 2.44. The van der Waals surface area contributed by atoms with Crippen LogP contribution in [0.4, 0.5) is 10.1 Å². The molecule has 2 aromatic rings. The maximum absolute atomic E-state index is 13.0. The van der Waals surface area contributed by atoms with Crippen molar-refractivity contribution >= 4 is 15.7 Å². The van der Waals surface area contributed by atoms with Crippen molar-refractivity contribution in [2.45, 2.75) is 31.3 Å². The van der Waals surface area contributed by atoms with Crippen molar-refractivity contribution in [2.24, 2.45) is 0 Å². The van der Waals surface area contributed by atoms with Crippen LogP contribution in [0, 0.1) is 5.82 Å². The van der Waals surface area contributed by atoms with Gasteiger partial charge in [0, 0.05) is 11.5 Å². The normalized spacial score (nSPS) is 12.4. The van der Waals surface area contributed by atoms with Crippen LogP contribution in [-0.2, 0) is 15.4 Å². The van der Waals surface area contributed by atoms with Crippen molar-refractivity contribution in [3.8, 4) is 0 Å². The average Bonchev–Trinajstić information content (AvgIpc) is 2.77. The number of halogens is 1. The Kier molecular flexibility index (Phi) is 3.56. The topological polar surface area (TPSA) is 72.2 Å². The fourth-order valence-electron chi connectivity index (χ4n) is 1.50. The molecule has 1 aromatic carbocycles. The molecule has 0 amide bonds. The monoisotopic (exact) mass is 298 g/mol. The molecule has 0 spiro atoms. The molecule has 0 saturated carbocycles. The third-order valence-electron chi connectivity index (χ3n) is 2.60. The van der Waals surface area contributed by atoms with Gasteiger partial charge in [-0.2, -0.15) is 8.42 Å². The number of rotatable bonds is 3. The maximum atomic E-state index is 13.0. The van der Waals surface area contributed by atoms with E-state index in [1.807, 2.05) is 20.8 Å². The van der Waals surface area contributed by atoms with Gasteiger partial charge in [0.2, 0.25) is 0 Å². The minimum absolute atomic E-state index is 0.124. The van der Waals surface area contributed by atoms with Crippen LogP contribution in [0.1, 0.15) is 26.5 Å². The van der Waals surface area contributed by atoms with Gasteiger partial charge in [0.05, 0.1) is 11.4 Å². The van der Waals surface area contributed by atoms with E-state index in [9.17, 15) is 12.8 Å². The number of sulfonamides is 1. The molecule has 1 N–H and O–H groups in total. The van der Waals surface area contributed by atoms with Gasteiger partial charge in [0.15, 0.2) is 0 Å². The van der Waals surface area contributed by atoms with Gasteiger partial charge in [-0.15, -0.1) is 0 Å². The molecular formula is C13H15FN2O3S. The van der Waals surface area contributed by atoms with Gasteiger partial charge in [-0.05, 0) is 18.2 Å². The molecule has 108 valence electrons. The fraction of sp³-hybridized carbons (Fsp3) is 0.308. The standard InChI is InChI=1S/C13H15FN2O3S/c1-13(2,3)11-8-12(19-15-11)20(17,18)16-10-6-4-5-9(14)7-10/h4-8,16H,1-3H3. The van der Waals surface area contributed by atoms with Crippen molar-refractivity contribution in [1.29, 1.82) is 0 Å². The Bertz CT molecular complexity index is 717. The SMILES string of the molecule is CC(C)(C)c1cc(S(=O)(=O)Nc2cccc(F)c2)on1. The Labute approximate surface area is 116 Å². The summed E-state index contributed by atoms with van der Waals surface area (Å²) >= 11 is 0. The number of hydrogen-bond donors (Lipinski definition) is 1. The van der Waals surface area contributed by atoms with Crippen LogP contribution in [0.2, 0.25) is 0 Å². The summed E-state index contributed by atoms with van der Waals surface area (Å²) in [4.78, 5) is 0. The highest BCUT2D eigenvalue weighted by molar-refractivity contribution is 7.92. The van der Waals surface area contributed by atoms with Crippen LogP contribution >= 0.6 is 0 Å². The predicted octanol–water partition coefficient (Wildman–Crippen LogP) is 2.91. The van der Waals surface area contributed by atoms with Crippen molar-refractivity contribution in [2.75, 3.05) is 4.72 Å². The summed E-state index contributed by atoms with van der Waals surface area (Å²) in [7, 11) is -3.92. The summed E-state index contributed by atoms with van der Waals surface area (Å²) in [6.07, 6.45) is 0. The molecule has 0 aliphatic carbocycles. The minimum atomic E-state index is -3.92. The second kappa shape index (κ2) is 4.90. The Morgan fingerprint density at radius 2 is 1.95 bits per heavy atom. The van der Waals surface area contributed by atoms with Crippen LogP contribution < -0.4 is 4.72 Å². The smallest absolute Gasteiger partial charge is 0.298 e. The zero-order chi connectivity index (χ0) is 15.0. The van der Waals surface area contributed by atoms with E-state index < -0.39 is 15.8 Å². The first-order valence-corrected chi connectivity index (χ1v) is 7.42. The number of nitrogens with one attached hydrogen (secondary N) is 1. The largest absolute Gasteiger partial charge is 0.342 e. The van der Waals surface area contributed by atoms with Crippen LogP contribution in [-0.4, -0.2) is 13.6 Å². The summed E-state index contributed by atoms with van der Waals surface area (Å²) in [6.45, 7) is 5.67. The number of hydrogen-bond acceptors (Lipinski definition) is 4. The van der Waals surface area contributed by atoms with E-state index in [1.165, 1.54) is 24.3 Å². The second-order valence-corrected chi connectivity index (χ2v) is 7.01. The van der Waals surface area contributed by atoms with E-state index in [0.29, 0.717) is 5.69 Å². The first-order chi connectivity index (χ1) is 9.18. The van der Waals surface area contributed by atoms with Gasteiger partial charge >= 0.3 is 0 Å². The molecule has 0 fully saturated rings. The summed E-state index contributed by atoms with van der Waals surface area (Å²) in [5.41, 5.74) is 0.326. The second-order valence-electron chi connectivity index (χ2n) is 5.40. The maximum Gasteiger partial charge on any atom is 0.298 e. The predicted molar refractivity (Wildman–Crippen MR) is 72.4 cm³/mol. The highest BCUT2D eigenvalue weighted by Crippen LogP contribution is 2.24. The Balaban J connectivity index is 2.29. The van der Waals surface area contributed by atoms with Crippen molar-refractivity contribution < 1.29 is 17.3 Å². The lowest BCUT2D eigenvalue weighted by Crippen LogP contribution is -2.13. The number of nitrogens with zero attached hydrogens (tertiary/aromatic N) is 1. The van der Waals surface area contributed by atoms with Crippen LogP contribution in [0.5, 0.6) is 0 Å². The highest BCUT2D eigenvalue weighted by atomic mass is 32.2. The van der Waals surface area contributed by atoms with Gasteiger partial charge < -0.3 is 4.52 Å². The zero-order valence-electron chi connectivity index (χ0n) is 11.3. The molecule has 7 heteroatoms. The lowest BCUT2D eigenvalue weighted by molar-refractivity contribution is 0.327. The molecular weight excluding hydrogens is 283 g/mol. The molecule has 0 aliphatic rings. The highest BCUT2D eigenvalue weighted by Gasteiger charge is 2.25. The lowest BCUT2D eigenvalue weighted by Gasteiger charge is -2.12. The number of benzene rings is 1. The van der Waals surface area contributed by atoms with E-state index in [4.69, 9.17) is 4.52 Å².